The van der Waals surface area contributed by atoms with E-state index in [1.54, 1.807) is 24.5 Å². The van der Waals surface area contributed by atoms with Crippen LogP contribution in [0.3, 0.4) is 0 Å². The van der Waals surface area contributed by atoms with Crippen LogP contribution in [0.4, 0.5) is 0 Å². The summed E-state index contributed by atoms with van der Waals surface area (Å²) in [7, 11) is 0. The monoisotopic (exact) mass is 252 g/mol. The summed E-state index contributed by atoms with van der Waals surface area (Å²) >= 11 is 0. The van der Waals surface area contributed by atoms with Gasteiger partial charge in [-0.05, 0) is 24.6 Å². The fourth-order valence-electron chi connectivity index (χ4n) is 2.21. The van der Waals surface area contributed by atoms with Gasteiger partial charge in [-0.25, -0.2) is 0 Å². The van der Waals surface area contributed by atoms with Crippen LogP contribution < -0.4 is 0 Å². The predicted octanol–water partition coefficient (Wildman–Crippen LogP) is 3.68. The van der Waals surface area contributed by atoms with E-state index in [9.17, 15) is 9.90 Å². The van der Waals surface area contributed by atoms with Crippen LogP contribution in [0.2, 0.25) is 0 Å². The summed E-state index contributed by atoms with van der Waals surface area (Å²) in [5.74, 6) is 0.0193. The maximum atomic E-state index is 12.4. The van der Waals surface area contributed by atoms with E-state index in [2.05, 4.69) is 0 Å². The number of hydrogen-bond donors (Lipinski definition) is 1. The predicted molar refractivity (Wildman–Crippen MR) is 72.5 cm³/mol. The van der Waals surface area contributed by atoms with Crippen LogP contribution in [-0.4, -0.2) is 10.9 Å². The van der Waals surface area contributed by atoms with E-state index in [1.807, 2.05) is 25.1 Å². The average Bonchev–Trinajstić information content (AvgIpc) is 2.83. The Bertz CT molecular complexity index is 754. The molecule has 0 fully saturated rings. The molecule has 3 heteroatoms. The van der Waals surface area contributed by atoms with Gasteiger partial charge in [0, 0.05) is 5.56 Å². The van der Waals surface area contributed by atoms with Gasteiger partial charge in [-0.3, -0.25) is 4.79 Å². The molecule has 1 aromatic heterocycles. The SMILES string of the molecule is Cc1coc2c(C(=O)c3ccccc3)ccc(O)c12. The van der Waals surface area contributed by atoms with E-state index in [0.29, 0.717) is 22.1 Å². The van der Waals surface area contributed by atoms with Crippen LogP contribution in [0.5, 0.6) is 5.75 Å². The van der Waals surface area contributed by atoms with Crippen LogP contribution in [0, 0.1) is 6.92 Å². The summed E-state index contributed by atoms with van der Waals surface area (Å²) in [5, 5.41) is 10.4. The number of carbonyl (C=O) groups excluding carboxylic acids is 1. The molecule has 0 atom stereocenters. The molecule has 0 aliphatic carbocycles. The molecule has 94 valence electrons. The van der Waals surface area contributed by atoms with E-state index in [-0.39, 0.29) is 11.5 Å². The van der Waals surface area contributed by atoms with Crippen molar-refractivity contribution in [1.29, 1.82) is 0 Å². The molecule has 0 aliphatic rings. The summed E-state index contributed by atoms with van der Waals surface area (Å²) in [5.41, 5.74) is 2.32. The molecule has 0 unspecified atom stereocenters. The minimum atomic E-state index is -0.111. The van der Waals surface area contributed by atoms with Crippen LogP contribution >= 0.6 is 0 Å². The van der Waals surface area contributed by atoms with Gasteiger partial charge in [0.05, 0.1) is 17.2 Å². The highest BCUT2D eigenvalue weighted by Crippen LogP contribution is 2.32. The van der Waals surface area contributed by atoms with E-state index in [1.165, 1.54) is 6.07 Å². The van der Waals surface area contributed by atoms with Gasteiger partial charge in [-0.1, -0.05) is 30.3 Å². The molecule has 2 aromatic carbocycles. The number of furan rings is 1. The first kappa shape index (κ1) is 11.5. The molecule has 3 aromatic rings. The van der Waals surface area contributed by atoms with Gasteiger partial charge in [0.25, 0.3) is 0 Å². The highest BCUT2D eigenvalue weighted by molar-refractivity contribution is 6.16. The van der Waals surface area contributed by atoms with Crippen LogP contribution in [-0.2, 0) is 0 Å². The highest BCUT2D eigenvalue weighted by Gasteiger charge is 2.18. The number of phenolic OH excluding ortho intramolecular Hbond substituents is 1. The van der Waals surface area contributed by atoms with Crippen molar-refractivity contribution >= 4 is 16.8 Å². The summed E-state index contributed by atoms with van der Waals surface area (Å²) < 4.78 is 5.42. The molecule has 0 spiro atoms. The smallest absolute Gasteiger partial charge is 0.196 e. The van der Waals surface area contributed by atoms with Gasteiger partial charge in [0.1, 0.15) is 11.3 Å². The molecule has 3 nitrogen and oxygen atoms in total. The van der Waals surface area contributed by atoms with Crippen molar-refractivity contribution in [2.45, 2.75) is 6.92 Å². The third-order valence-corrected chi connectivity index (χ3v) is 3.16. The van der Waals surface area contributed by atoms with Crippen molar-refractivity contribution in [3.8, 4) is 5.75 Å². The summed E-state index contributed by atoms with van der Waals surface area (Å²) in [6, 6.07) is 12.1. The maximum Gasteiger partial charge on any atom is 0.196 e. The topological polar surface area (TPSA) is 50.4 Å². The Hall–Kier alpha value is -2.55. The number of carbonyl (C=O) groups is 1. The Morgan fingerprint density at radius 3 is 2.58 bits per heavy atom. The fourth-order valence-corrected chi connectivity index (χ4v) is 2.21. The third-order valence-electron chi connectivity index (χ3n) is 3.16. The van der Waals surface area contributed by atoms with Gasteiger partial charge in [-0.2, -0.15) is 0 Å². The molecular formula is C16H12O3. The van der Waals surface area contributed by atoms with Crippen molar-refractivity contribution in [3.63, 3.8) is 0 Å². The Morgan fingerprint density at radius 2 is 1.84 bits per heavy atom. The number of phenols is 1. The summed E-state index contributed by atoms with van der Waals surface area (Å²) in [4.78, 5) is 12.4. The molecule has 0 radical (unpaired) electrons. The quantitative estimate of drug-likeness (QED) is 0.708. The molecule has 0 saturated carbocycles. The maximum absolute atomic E-state index is 12.4. The normalized spacial score (nSPS) is 10.8. The lowest BCUT2D eigenvalue weighted by Crippen LogP contribution is -2.01. The van der Waals surface area contributed by atoms with E-state index >= 15 is 0 Å². The lowest BCUT2D eigenvalue weighted by molar-refractivity contribution is 0.103. The zero-order valence-electron chi connectivity index (χ0n) is 10.4. The lowest BCUT2D eigenvalue weighted by Gasteiger charge is -2.03. The Morgan fingerprint density at radius 1 is 1.11 bits per heavy atom. The molecule has 0 aliphatic heterocycles. The molecule has 0 amide bonds. The summed E-state index contributed by atoms with van der Waals surface area (Å²) in [6.07, 6.45) is 1.55. The second-order valence-corrected chi connectivity index (χ2v) is 4.45. The first-order valence-corrected chi connectivity index (χ1v) is 5.98. The van der Waals surface area contributed by atoms with Gasteiger partial charge >= 0.3 is 0 Å². The largest absolute Gasteiger partial charge is 0.507 e. The van der Waals surface area contributed by atoms with Crippen molar-refractivity contribution in [1.82, 2.24) is 0 Å². The first-order chi connectivity index (χ1) is 9.18. The Balaban J connectivity index is 2.22. The van der Waals surface area contributed by atoms with E-state index in [4.69, 9.17) is 4.42 Å². The Labute approximate surface area is 110 Å². The minimum Gasteiger partial charge on any atom is -0.507 e. The Kier molecular flexibility index (Phi) is 2.60. The van der Waals surface area contributed by atoms with Crippen molar-refractivity contribution in [2.24, 2.45) is 0 Å². The highest BCUT2D eigenvalue weighted by atomic mass is 16.3. The van der Waals surface area contributed by atoms with Gasteiger partial charge in [0.2, 0.25) is 0 Å². The molecule has 1 N–H and O–H groups in total. The van der Waals surface area contributed by atoms with Crippen LogP contribution in [0.25, 0.3) is 11.0 Å². The zero-order valence-corrected chi connectivity index (χ0v) is 10.4. The fraction of sp³-hybridized carbons (Fsp3) is 0.0625. The third kappa shape index (κ3) is 1.80. The zero-order chi connectivity index (χ0) is 13.4. The number of ketones is 1. The van der Waals surface area contributed by atoms with Crippen molar-refractivity contribution in [2.75, 3.05) is 0 Å². The van der Waals surface area contributed by atoms with E-state index in [0.717, 1.165) is 5.56 Å². The van der Waals surface area contributed by atoms with Gasteiger partial charge < -0.3 is 9.52 Å². The van der Waals surface area contributed by atoms with Crippen molar-refractivity contribution < 1.29 is 14.3 Å². The van der Waals surface area contributed by atoms with Crippen LogP contribution in [0.1, 0.15) is 21.5 Å². The lowest BCUT2D eigenvalue weighted by atomic mass is 10.0. The molecule has 0 saturated heterocycles. The molecule has 1 heterocycles. The first-order valence-electron chi connectivity index (χ1n) is 5.98. The number of rotatable bonds is 2. The second-order valence-electron chi connectivity index (χ2n) is 4.45. The number of aryl methyl sites for hydroxylation is 1. The number of fused-ring (bicyclic) bond motifs is 1. The van der Waals surface area contributed by atoms with Gasteiger partial charge in [-0.15, -0.1) is 0 Å². The second kappa shape index (κ2) is 4.28. The summed E-state index contributed by atoms with van der Waals surface area (Å²) in [6.45, 7) is 1.84. The average molecular weight is 252 g/mol. The van der Waals surface area contributed by atoms with E-state index < -0.39 is 0 Å². The molecule has 0 bridgehead atoms. The molecule has 19 heavy (non-hydrogen) atoms. The number of benzene rings is 2. The molecular weight excluding hydrogens is 240 g/mol. The standard InChI is InChI=1S/C16H12O3/c1-10-9-19-16-12(7-8-13(17)14(10)16)15(18)11-5-3-2-4-6-11/h2-9,17H,1H3. The number of hydrogen-bond acceptors (Lipinski definition) is 3. The minimum absolute atomic E-state index is 0.111. The van der Waals surface area contributed by atoms with Crippen LogP contribution in [0.15, 0.2) is 53.1 Å². The number of aromatic hydroxyl groups is 1. The van der Waals surface area contributed by atoms with Crippen molar-refractivity contribution in [3.05, 3.63) is 65.4 Å². The molecule has 3 rings (SSSR count). The van der Waals surface area contributed by atoms with Gasteiger partial charge in [0.15, 0.2) is 5.78 Å².